The monoisotopic (exact) mass is 354 g/mol. The van der Waals surface area contributed by atoms with Crippen molar-refractivity contribution < 1.29 is 13.2 Å². The maximum absolute atomic E-state index is 12.6. The number of hydrogen-bond acceptors (Lipinski definition) is 1. The molecule has 1 unspecified atom stereocenters. The zero-order valence-electron chi connectivity index (χ0n) is 8.84. The number of halogens is 5. The van der Waals surface area contributed by atoms with Gasteiger partial charge in [-0.15, -0.1) is 22.9 Å². The maximum atomic E-state index is 12.6. The summed E-state index contributed by atoms with van der Waals surface area (Å²) in [6, 6.07) is 7.11. The molecule has 18 heavy (non-hydrogen) atoms. The van der Waals surface area contributed by atoms with E-state index in [9.17, 15) is 13.2 Å². The largest absolute Gasteiger partial charge is 0.416 e. The van der Waals surface area contributed by atoms with Gasteiger partial charge in [0, 0.05) is 9.35 Å². The van der Waals surface area contributed by atoms with Crippen molar-refractivity contribution in [3.8, 4) is 0 Å². The highest BCUT2D eigenvalue weighted by atomic mass is 79.9. The molecule has 2 rings (SSSR count). The predicted molar refractivity (Wildman–Crippen MR) is 71.2 cm³/mol. The smallest absolute Gasteiger partial charge is 0.166 e. The molecule has 0 aliphatic carbocycles. The molecule has 0 amide bonds. The van der Waals surface area contributed by atoms with Gasteiger partial charge >= 0.3 is 6.18 Å². The quantitative estimate of drug-likeness (QED) is 0.592. The Balaban J connectivity index is 2.44. The third-order valence-electron chi connectivity index (χ3n) is 2.39. The third kappa shape index (κ3) is 2.90. The second-order valence-electron chi connectivity index (χ2n) is 3.61. The highest BCUT2D eigenvalue weighted by Crippen LogP contribution is 2.39. The van der Waals surface area contributed by atoms with Crippen LogP contribution in [0.15, 0.2) is 40.2 Å². The number of rotatable bonds is 2. The number of alkyl halides is 4. The van der Waals surface area contributed by atoms with Crippen molar-refractivity contribution in [1.29, 1.82) is 0 Å². The lowest BCUT2D eigenvalue weighted by atomic mass is 10.1. The molecule has 1 aromatic heterocycles. The standard InChI is InChI=1S/C12H7BrClF3S/c13-9-4-3-7(12(15,16)17)6-8(9)11(14)10-2-1-5-18-10/h1-6,11H. The van der Waals surface area contributed by atoms with Crippen LogP contribution >= 0.6 is 38.9 Å². The van der Waals surface area contributed by atoms with Gasteiger partial charge in [-0.05, 0) is 35.2 Å². The van der Waals surface area contributed by atoms with Crippen LogP contribution < -0.4 is 0 Å². The Morgan fingerprint density at radius 3 is 2.50 bits per heavy atom. The van der Waals surface area contributed by atoms with E-state index in [1.807, 2.05) is 11.4 Å². The normalized spacial score (nSPS) is 13.6. The summed E-state index contributed by atoms with van der Waals surface area (Å²) in [6.45, 7) is 0. The molecule has 0 bridgehead atoms. The molecule has 0 saturated carbocycles. The van der Waals surface area contributed by atoms with Crippen LogP contribution in [-0.2, 0) is 6.18 Å². The van der Waals surface area contributed by atoms with Gasteiger partial charge in [0.1, 0.15) is 0 Å². The Morgan fingerprint density at radius 1 is 1.22 bits per heavy atom. The first-order chi connectivity index (χ1) is 8.39. The molecule has 0 nitrogen and oxygen atoms in total. The molecule has 0 saturated heterocycles. The molecule has 1 atom stereocenters. The van der Waals surface area contributed by atoms with Crippen molar-refractivity contribution in [2.75, 3.05) is 0 Å². The van der Waals surface area contributed by atoms with Crippen molar-refractivity contribution in [2.24, 2.45) is 0 Å². The van der Waals surface area contributed by atoms with E-state index in [0.717, 1.165) is 17.0 Å². The van der Waals surface area contributed by atoms with Crippen LogP contribution in [0.5, 0.6) is 0 Å². The summed E-state index contributed by atoms with van der Waals surface area (Å²) in [5.41, 5.74) is -0.267. The zero-order chi connectivity index (χ0) is 13.3. The number of hydrogen-bond donors (Lipinski definition) is 0. The lowest BCUT2D eigenvalue weighted by Crippen LogP contribution is -2.06. The highest BCUT2D eigenvalue weighted by molar-refractivity contribution is 9.10. The average molecular weight is 356 g/mol. The molecule has 0 spiro atoms. The second kappa shape index (κ2) is 5.23. The Bertz CT molecular complexity index is 537. The van der Waals surface area contributed by atoms with Gasteiger partial charge in [0.2, 0.25) is 0 Å². The van der Waals surface area contributed by atoms with Crippen molar-refractivity contribution in [3.05, 3.63) is 56.2 Å². The van der Waals surface area contributed by atoms with Crippen molar-refractivity contribution >= 4 is 38.9 Å². The van der Waals surface area contributed by atoms with E-state index >= 15 is 0 Å². The zero-order valence-corrected chi connectivity index (χ0v) is 12.0. The average Bonchev–Trinajstić information content (AvgIpc) is 2.80. The van der Waals surface area contributed by atoms with Crippen LogP contribution in [0.2, 0.25) is 0 Å². The number of benzene rings is 1. The summed E-state index contributed by atoms with van der Waals surface area (Å²) in [7, 11) is 0. The van der Waals surface area contributed by atoms with Gasteiger partial charge in [0.05, 0.1) is 10.9 Å². The van der Waals surface area contributed by atoms with E-state index in [1.165, 1.54) is 17.4 Å². The SMILES string of the molecule is FC(F)(F)c1ccc(Br)c(C(Cl)c2cccs2)c1. The first kappa shape index (κ1) is 13.9. The number of thiophene rings is 1. The first-order valence-corrected chi connectivity index (χ1v) is 7.04. The van der Waals surface area contributed by atoms with Gasteiger partial charge in [-0.1, -0.05) is 22.0 Å². The summed E-state index contributed by atoms with van der Waals surface area (Å²) in [6.07, 6.45) is -4.36. The van der Waals surface area contributed by atoms with Crippen LogP contribution in [0, 0.1) is 0 Å². The minimum absolute atomic E-state index is 0.425. The van der Waals surface area contributed by atoms with Crippen molar-refractivity contribution in [1.82, 2.24) is 0 Å². The molecule has 96 valence electrons. The van der Waals surface area contributed by atoms with Gasteiger partial charge in [0.25, 0.3) is 0 Å². The van der Waals surface area contributed by atoms with Crippen LogP contribution in [0.4, 0.5) is 13.2 Å². The summed E-state index contributed by atoms with van der Waals surface area (Å²) < 4.78 is 38.5. The van der Waals surface area contributed by atoms with E-state index in [4.69, 9.17) is 11.6 Å². The van der Waals surface area contributed by atoms with Gasteiger partial charge in [-0.25, -0.2) is 0 Å². The minimum atomic E-state index is -4.36. The molecular weight excluding hydrogens is 349 g/mol. The van der Waals surface area contributed by atoms with Crippen LogP contribution in [0.3, 0.4) is 0 Å². The Labute approximate surface area is 120 Å². The molecule has 1 heterocycles. The predicted octanol–water partition coefficient (Wildman–Crippen LogP) is 5.86. The summed E-state index contributed by atoms with van der Waals surface area (Å²) in [5.74, 6) is 0. The molecule has 1 aromatic carbocycles. The van der Waals surface area contributed by atoms with Gasteiger partial charge in [0.15, 0.2) is 0 Å². The lowest BCUT2D eigenvalue weighted by molar-refractivity contribution is -0.137. The molecule has 0 aliphatic rings. The molecule has 6 heteroatoms. The van der Waals surface area contributed by atoms with Gasteiger partial charge < -0.3 is 0 Å². The fourth-order valence-electron chi connectivity index (χ4n) is 1.50. The lowest BCUT2D eigenvalue weighted by Gasteiger charge is -2.14. The molecule has 0 N–H and O–H groups in total. The molecule has 0 radical (unpaired) electrons. The Morgan fingerprint density at radius 2 is 1.94 bits per heavy atom. The summed E-state index contributed by atoms with van der Waals surface area (Å²) in [5, 5.41) is 1.26. The summed E-state index contributed by atoms with van der Waals surface area (Å²) in [4.78, 5) is 0.816. The first-order valence-electron chi connectivity index (χ1n) is 4.93. The third-order valence-corrected chi connectivity index (χ3v) is 4.65. The second-order valence-corrected chi connectivity index (χ2v) is 5.88. The Kier molecular flexibility index (Phi) is 4.04. The maximum Gasteiger partial charge on any atom is 0.416 e. The molecular formula is C12H7BrClF3S. The van der Waals surface area contributed by atoms with E-state index in [1.54, 1.807) is 6.07 Å². The van der Waals surface area contributed by atoms with Crippen LogP contribution in [-0.4, -0.2) is 0 Å². The van der Waals surface area contributed by atoms with E-state index in [0.29, 0.717) is 10.0 Å². The van der Waals surface area contributed by atoms with Crippen LogP contribution in [0.1, 0.15) is 21.4 Å². The Hall–Kier alpha value is -0.520. The van der Waals surface area contributed by atoms with Crippen molar-refractivity contribution in [2.45, 2.75) is 11.6 Å². The minimum Gasteiger partial charge on any atom is -0.166 e. The summed E-state index contributed by atoms with van der Waals surface area (Å²) >= 11 is 10.9. The van der Waals surface area contributed by atoms with E-state index < -0.39 is 17.1 Å². The fourth-order valence-corrected chi connectivity index (χ4v) is 3.24. The van der Waals surface area contributed by atoms with Gasteiger partial charge in [-0.3, -0.25) is 0 Å². The van der Waals surface area contributed by atoms with E-state index in [-0.39, 0.29) is 0 Å². The highest BCUT2D eigenvalue weighted by Gasteiger charge is 2.31. The van der Waals surface area contributed by atoms with Crippen molar-refractivity contribution in [3.63, 3.8) is 0 Å². The molecule has 0 fully saturated rings. The van der Waals surface area contributed by atoms with Gasteiger partial charge in [-0.2, -0.15) is 13.2 Å². The molecule has 0 aliphatic heterocycles. The topological polar surface area (TPSA) is 0 Å². The molecule has 2 aromatic rings. The van der Waals surface area contributed by atoms with Crippen LogP contribution in [0.25, 0.3) is 0 Å². The fraction of sp³-hybridized carbons (Fsp3) is 0.167. The van der Waals surface area contributed by atoms with E-state index in [2.05, 4.69) is 15.9 Å².